The molecular weight excluding hydrogens is 513 g/mol. The molecule has 3 nitrogen and oxygen atoms in total. The average Bonchev–Trinajstić information content (AvgIpc) is 2.86. The molecule has 2 rings (SSSR count). The van der Waals surface area contributed by atoms with Crippen molar-refractivity contribution in [1.82, 2.24) is 4.90 Å². The first kappa shape index (κ1) is 27.9. The van der Waals surface area contributed by atoms with Gasteiger partial charge in [0.25, 0.3) is 0 Å². The molecule has 0 saturated carbocycles. The minimum absolute atomic E-state index is 0.0846. The Labute approximate surface area is 206 Å². The summed E-state index contributed by atoms with van der Waals surface area (Å²) in [5, 5.41) is 0. The van der Waals surface area contributed by atoms with Crippen LogP contribution in [-0.2, 0) is 11.3 Å². The van der Waals surface area contributed by atoms with Crippen LogP contribution in [0.4, 0.5) is 0 Å². The summed E-state index contributed by atoms with van der Waals surface area (Å²) in [4.78, 5) is 14.8. The molecule has 0 radical (unpaired) electrons. The van der Waals surface area contributed by atoms with Gasteiger partial charge in [-0.15, -0.1) is 0 Å². The van der Waals surface area contributed by atoms with E-state index in [1.54, 1.807) is 8.48 Å². The first-order valence-electron chi connectivity index (χ1n) is 13.0. The Morgan fingerprint density at radius 1 is 0.818 bits per heavy atom. The quantitative estimate of drug-likeness (QED) is 0.164. The SMILES string of the molecule is CCC[CH2][Sn]([CH2]CCC)([CH2]CCC)[c]1ccc(C(=O)N(C)CCOCc2ccccc2)cc1. The van der Waals surface area contributed by atoms with Crippen molar-refractivity contribution in [1.29, 1.82) is 0 Å². The van der Waals surface area contributed by atoms with E-state index in [-0.39, 0.29) is 5.91 Å². The molecule has 0 heterocycles. The zero-order chi connectivity index (χ0) is 23.9. The number of carbonyl (C=O) groups is 1. The molecular formula is C29H45NO2Sn. The summed E-state index contributed by atoms with van der Waals surface area (Å²) in [6.07, 6.45) is 7.92. The Kier molecular flexibility index (Phi) is 13.1. The number of nitrogens with zero attached hydrogens (tertiary/aromatic N) is 1. The van der Waals surface area contributed by atoms with Gasteiger partial charge >= 0.3 is 189 Å². The fourth-order valence-electron chi connectivity index (χ4n) is 4.61. The van der Waals surface area contributed by atoms with E-state index >= 15 is 0 Å². The number of carbonyl (C=O) groups excluding carboxylic acids is 1. The standard InChI is InChI=1S/C17H18NO2.3C4H9.Sn/c1-18(17(19)16-10-6-3-7-11-16)12-13-20-14-15-8-4-2-5-9-15;3*1-3-4-2;/h2,4-11H,12-14H2,1H3;3*1,3-4H2,2H3;. The van der Waals surface area contributed by atoms with E-state index in [2.05, 4.69) is 57.2 Å². The molecule has 1 amide bonds. The van der Waals surface area contributed by atoms with Crippen molar-refractivity contribution in [3.05, 3.63) is 65.7 Å². The molecule has 0 unspecified atom stereocenters. The third-order valence-corrected chi connectivity index (χ3v) is 22.5. The number of hydrogen-bond acceptors (Lipinski definition) is 2. The summed E-state index contributed by atoms with van der Waals surface area (Å²) in [6, 6.07) is 19.0. The topological polar surface area (TPSA) is 29.5 Å². The first-order chi connectivity index (χ1) is 16.1. The molecule has 0 bridgehead atoms. The molecule has 0 saturated heterocycles. The molecule has 0 aliphatic rings. The second-order valence-electron chi connectivity index (χ2n) is 9.43. The van der Waals surface area contributed by atoms with Crippen LogP contribution in [0, 0.1) is 0 Å². The summed E-state index contributed by atoms with van der Waals surface area (Å²) in [5.41, 5.74) is 1.96. The van der Waals surface area contributed by atoms with Gasteiger partial charge in [0, 0.05) is 0 Å². The van der Waals surface area contributed by atoms with Gasteiger partial charge in [0.1, 0.15) is 0 Å². The third kappa shape index (κ3) is 9.09. The summed E-state index contributed by atoms with van der Waals surface area (Å²) in [5.74, 6) is 0.0846. The number of hydrogen-bond donors (Lipinski definition) is 0. The van der Waals surface area contributed by atoms with Crippen molar-refractivity contribution in [2.24, 2.45) is 0 Å². The van der Waals surface area contributed by atoms with Crippen molar-refractivity contribution < 1.29 is 9.53 Å². The van der Waals surface area contributed by atoms with E-state index in [1.165, 1.54) is 51.8 Å². The van der Waals surface area contributed by atoms with Gasteiger partial charge in [0.2, 0.25) is 0 Å². The molecule has 182 valence electrons. The van der Waals surface area contributed by atoms with E-state index in [0.717, 1.165) is 11.1 Å². The number of amides is 1. The van der Waals surface area contributed by atoms with Crippen LogP contribution in [0.5, 0.6) is 0 Å². The van der Waals surface area contributed by atoms with E-state index < -0.39 is 18.4 Å². The van der Waals surface area contributed by atoms with Crippen LogP contribution in [0.2, 0.25) is 13.3 Å². The van der Waals surface area contributed by atoms with Gasteiger partial charge in [-0.2, -0.15) is 0 Å². The Morgan fingerprint density at radius 2 is 1.36 bits per heavy atom. The summed E-state index contributed by atoms with van der Waals surface area (Å²) in [7, 11) is 1.87. The normalized spacial score (nSPS) is 11.5. The molecule has 4 heteroatoms. The molecule has 2 aromatic rings. The number of benzene rings is 2. The first-order valence-corrected chi connectivity index (χ1v) is 20.5. The Hall–Kier alpha value is -1.33. The predicted octanol–water partition coefficient (Wildman–Crippen LogP) is 7.03. The van der Waals surface area contributed by atoms with Crippen molar-refractivity contribution >= 4 is 27.9 Å². The number of rotatable bonds is 16. The number of ether oxygens (including phenoxy) is 1. The second kappa shape index (κ2) is 15.5. The number of unbranched alkanes of at least 4 members (excludes halogenated alkanes) is 3. The maximum atomic E-state index is 13.0. The second-order valence-corrected chi connectivity index (χ2v) is 22.7. The zero-order valence-corrected chi connectivity index (χ0v) is 24.3. The molecule has 0 aliphatic heterocycles. The predicted molar refractivity (Wildman–Crippen MR) is 144 cm³/mol. The van der Waals surface area contributed by atoms with Crippen molar-refractivity contribution in [2.45, 2.75) is 79.2 Å². The summed E-state index contributed by atoms with van der Waals surface area (Å²) < 4.78 is 11.8. The fourth-order valence-corrected chi connectivity index (χ4v) is 20.5. The van der Waals surface area contributed by atoms with Gasteiger partial charge in [0.05, 0.1) is 0 Å². The van der Waals surface area contributed by atoms with Crippen LogP contribution < -0.4 is 3.58 Å². The van der Waals surface area contributed by atoms with Crippen LogP contribution >= 0.6 is 0 Å². The minimum atomic E-state index is -2.43. The molecule has 0 aromatic heterocycles. The molecule has 0 N–H and O–H groups in total. The maximum absolute atomic E-state index is 13.0. The Morgan fingerprint density at radius 3 is 1.88 bits per heavy atom. The Bertz CT molecular complexity index is 769. The van der Waals surface area contributed by atoms with E-state index in [4.69, 9.17) is 4.74 Å². The van der Waals surface area contributed by atoms with Gasteiger partial charge in [-0.05, 0) is 0 Å². The summed E-state index contributed by atoms with van der Waals surface area (Å²) in [6.45, 7) is 8.67. The van der Waals surface area contributed by atoms with E-state index in [1.807, 2.05) is 25.2 Å². The zero-order valence-electron chi connectivity index (χ0n) is 21.4. The molecule has 0 atom stereocenters. The van der Waals surface area contributed by atoms with Gasteiger partial charge in [-0.3, -0.25) is 0 Å². The van der Waals surface area contributed by atoms with Gasteiger partial charge in [-0.25, -0.2) is 0 Å². The van der Waals surface area contributed by atoms with Gasteiger partial charge < -0.3 is 0 Å². The number of likely N-dealkylation sites (N-methyl/N-ethyl adjacent to an activating group) is 1. The molecule has 33 heavy (non-hydrogen) atoms. The van der Waals surface area contributed by atoms with Crippen molar-refractivity contribution in [2.75, 3.05) is 20.2 Å². The van der Waals surface area contributed by atoms with E-state index in [9.17, 15) is 4.79 Å². The van der Waals surface area contributed by atoms with Crippen LogP contribution in [0.15, 0.2) is 54.6 Å². The fraction of sp³-hybridized carbons (Fsp3) is 0.552. The van der Waals surface area contributed by atoms with Gasteiger partial charge in [-0.1, -0.05) is 18.2 Å². The average molecular weight is 558 g/mol. The van der Waals surface area contributed by atoms with Crippen molar-refractivity contribution in [3.63, 3.8) is 0 Å². The van der Waals surface area contributed by atoms with E-state index in [0.29, 0.717) is 19.8 Å². The van der Waals surface area contributed by atoms with Crippen LogP contribution in [0.3, 0.4) is 0 Å². The third-order valence-electron chi connectivity index (χ3n) is 6.80. The van der Waals surface area contributed by atoms with Crippen LogP contribution in [0.25, 0.3) is 0 Å². The molecule has 0 spiro atoms. The van der Waals surface area contributed by atoms with Crippen LogP contribution in [-0.4, -0.2) is 49.4 Å². The Balaban J connectivity index is 2.01. The van der Waals surface area contributed by atoms with Crippen molar-refractivity contribution in [3.8, 4) is 0 Å². The molecule has 0 fully saturated rings. The monoisotopic (exact) mass is 559 g/mol. The summed E-state index contributed by atoms with van der Waals surface area (Å²) >= 11 is -2.43. The molecule has 2 aromatic carbocycles. The molecule has 0 aliphatic carbocycles. The van der Waals surface area contributed by atoms with Gasteiger partial charge in [0.15, 0.2) is 0 Å². The van der Waals surface area contributed by atoms with Crippen LogP contribution in [0.1, 0.15) is 75.2 Å².